The number of nitrogens with zero attached hydrogens (tertiary/aromatic N) is 3. The van der Waals surface area contributed by atoms with E-state index in [2.05, 4.69) is 4.98 Å². The molecule has 2 heterocycles. The summed E-state index contributed by atoms with van der Waals surface area (Å²) in [4.78, 5) is 42.3. The Kier molecular flexibility index (Phi) is 4.66. The summed E-state index contributed by atoms with van der Waals surface area (Å²) >= 11 is 0. The largest absolute Gasteiger partial charge is 0.476 e. The Bertz CT molecular complexity index is 883. The molecule has 8 heteroatoms. The van der Waals surface area contributed by atoms with E-state index in [1.807, 2.05) is 0 Å². The molecule has 1 saturated heterocycles. The second-order valence-electron chi connectivity index (χ2n) is 6.08. The van der Waals surface area contributed by atoms with Gasteiger partial charge in [0, 0.05) is 13.2 Å². The van der Waals surface area contributed by atoms with Crippen molar-refractivity contribution in [2.75, 3.05) is 20.3 Å². The number of pyridine rings is 1. The number of carbonyl (C=O) groups excluding carboxylic acids is 2. The lowest BCUT2D eigenvalue weighted by atomic mass is 10.0. The van der Waals surface area contributed by atoms with Crippen molar-refractivity contribution in [3.8, 4) is 0 Å². The van der Waals surface area contributed by atoms with Crippen LogP contribution in [0.1, 0.15) is 32.0 Å². The molecule has 1 N–H and O–H groups in total. The van der Waals surface area contributed by atoms with E-state index >= 15 is 0 Å². The third kappa shape index (κ3) is 3.53. The number of aromatic carboxylic acids is 1. The van der Waals surface area contributed by atoms with E-state index in [4.69, 9.17) is 0 Å². The van der Waals surface area contributed by atoms with Crippen LogP contribution in [-0.2, 0) is 11.2 Å². The summed E-state index contributed by atoms with van der Waals surface area (Å²) < 4.78 is 13.0. The van der Waals surface area contributed by atoms with E-state index in [0.29, 0.717) is 12.0 Å². The first-order valence-electron chi connectivity index (χ1n) is 7.85. The molecular weight excluding hydrogens is 341 g/mol. The van der Waals surface area contributed by atoms with Crippen molar-refractivity contribution in [2.45, 2.75) is 6.42 Å². The third-order valence-electron chi connectivity index (χ3n) is 4.12. The van der Waals surface area contributed by atoms with E-state index in [-0.39, 0.29) is 36.2 Å². The van der Waals surface area contributed by atoms with Crippen molar-refractivity contribution in [1.82, 2.24) is 14.8 Å². The number of aromatic nitrogens is 1. The molecule has 0 unspecified atom stereocenters. The minimum atomic E-state index is -1.32. The second kappa shape index (κ2) is 6.91. The van der Waals surface area contributed by atoms with Gasteiger partial charge in [0.25, 0.3) is 5.91 Å². The fraction of sp³-hybridized carbons (Fsp3) is 0.222. The van der Waals surface area contributed by atoms with E-state index in [1.54, 1.807) is 19.2 Å². The molecule has 1 aliphatic rings. The summed E-state index contributed by atoms with van der Waals surface area (Å²) in [5.74, 6) is -2.45. The van der Waals surface area contributed by atoms with Crippen molar-refractivity contribution >= 4 is 17.8 Å². The van der Waals surface area contributed by atoms with Crippen molar-refractivity contribution in [2.24, 2.45) is 0 Å². The average Bonchev–Trinajstić information content (AvgIpc) is 2.95. The molecule has 7 nitrogen and oxygen atoms in total. The Morgan fingerprint density at radius 2 is 1.92 bits per heavy atom. The Morgan fingerprint density at radius 3 is 2.50 bits per heavy atom. The fourth-order valence-corrected chi connectivity index (χ4v) is 2.75. The first kappa shape index (κ1) is 17.5. The maximum absolute atomic E-state index is 13.0. The number of carboxylic acids is 1. The van der Waals surface area contributed by atoms with Crippen LogP contribution in [0.2, 0.25) is 0 Å². The molecule has 134 valence electrons. The SMILES string of the molecule is CN1CN(C(=O)c2cc(Cc3ccc(F)cc3)cnc2C(=O)O)CC1=O. The molecule has 2 aromatic rings. The smallest absolute Gasteiger partial charge is 0.355 e. The van der Waals surface area contributed by atoms with Crippen LogP contribution in [0.15, 0.2) is 36.5 Å². The summed E-state index contributed by atoms with van der Waals surface area (Å²) in [7, 11) is 1.57. The van der Waals surface area contributed by atoms with Gasteiger partial charge in [-0.3, -0.25) is 9.59 Å². The number of hydrogen-bond donors (Lipinski definition) is 1. The molecule has 1 aromatic carbocycles. The molecule has 2 amide bonds. The van der Waals surface area contributed by atoms with Gasteiger partial charge in [-0.2, -0.15) is 0 Å². The van der Waals surface area contributed by atoms with Gasteiger partial charge in [-0.25, -0.2) is 14.2 Å². The van der Waals surface area contributed by atoms with E-state index in [0.717, 1.165) is 5.56 Å². The van der Waals surface area contributed by atoms with E-state index in [9.17, 15) is 23.9 Å². The molecule has 1 fully saturated rings. The van der Waals surface area contributed by atoms with Gasteiger partial charge in [0.05, 0.1) is 12.2 Å². The highest BCUT2D eigenvalue weighted by molar-refractivity contribution is 6.05. The lowest BCUT2D eigenvalue weighted by molar-refractivity contribution is -0.125. The number of carbonyl (C=O) groups is 3. The van der Waals surface area contributed by atoms with Crippen LogP contribution in [-0.4, -0.2) is 57.9 Å². The van der Waals surface area contributed by atoms with Crippen LogP contribution in [0.3, 0.4) is 0 Å². The Balaban J connectivity index is 1.91. The Morgan fingerprint density at radius 1 is 1.23 bits per heavy atom. The topological polar surface area (TPSA) is 90.8 Å². The summed E-state index contributed by atoms with van der Waals surface area (Å²) in [5, 5.41) is 9.32. The van der Waals surface area contributed by atoms with Crippen LogP contribution < -0.4 is 0 Å². The quantitative estimate of drug-likeness (QED) is 0.893. The molecule has 3 rings (SSSR count). The normalized spacial score (nSPS) is 14.0. The van der Waals surface area contributed by atoms with Gasteiger partial charge >= 0.3 is 5.97 Å². The number of hydrogen-bond acceptors (Lipinski definition) is 4. The first-order chi connectivity index (χ1) is 12.3. The van der Waals surface area contributed by atoms with Crippen LogP contribution in [0.5, 0.6) is 0 Å². The fourth-order valence-electron chi connectivity index (χ4n) is 2.75. The zero-order chi connectivity index (χ0) is 18.8. The molecule has 1 aromatic heterocycles. The highest BCUT2D eigenvalue weighted by atomic mass is 19.1. The van der Waals surface area contributed by atoms with Crippen molar-refractivity contribution in [3.63, 3.8) is 0 Å². The van der Waals surface area contributed by atoms with Gasteiger partial charge in [0.15, 0.2) is 5.69 Å². The van der Waals surface area contributed by atoms with Crippen LogP contribution in [0, 0.1) is 5.82 Å². The maximum atomic E-state index is 13.0. The van der Waals surface area contributed by atoms with Crippen LogP contribution >= 0.6 is 0 Å². The van der Waals surface area contributed by atoms with Gasteiger partial charge in [0.1, 0.15) is 12.4 Å². The third-order valence-corrected chi connectivity index (χ3v) is 4.12. The second-order valence-corrected chi connectivity index (χ2v) is 6.08. The molecule has 0 aliphatic carbocycles. The molecule has 0 radical (unpaired) electrons. The molecule has 26 heavy (non-hydrogen) atoms. The summed E-state index contributed by atoms with van der Waals surface area (Å²) in [6.45, 7) is -0.00447. The maximum Gasteiger partial charge on any atom is 0.355 e. The molecule has 0 saturated carbocycles. The van der Waals surface area contributed by atoms with E-state index in [1.165, 1.54) is 34.2 Å². The van der Waals surface area contributed by atoms with Crippen molar-refractivity contribution < 1.29 is 23.9 Å². The molecule has 0 atom stereocenters. The highest BCUT2D eigenvalue weighted by Crippen LogP contribution is 2.18. The lowest BCUT2D eigenvalue weighted by Gasteiger charge is -2.16. The molecule has 1 aliphatic heterocycles. The summed E-state index contributed by atoms with van der Waals surface area (Å²) in [6.07, 6.45) is 1.75. The number of amides is 2. The van der Waals surface area contributed by atoms with Gasteiger partial charge in [-0.15, -0.1) is 0 Å². The summed E-state index contributed by atoms with van der Waals surface area (Å²) in [6, 6.07) is 7.33. The number of halogens is 1. The number of carboxylic acid groups (broad SMARTS) is 1. The zero-order valence-corrected chi connectivity index (χ0v) is 14.0. The molecule has 0 spiro atoms. The minimum absolute atomic E-state index is 0.0692. The van der Waals surface area contributed by atoms with Gasteiger partial charge in [-0.1, -0.05) is 12.1 Å². The van der Waals surface area contributed by atoms with Crippen molar-refractivity contribution in [3.05, 3.63) is 64.7 Å². The van der Waals surface area contributed by atoms with Crippen LogP contribution in [0.4, 0.5) is 4.39 Å². The Hall–Kier alpha value is -3.29. The first-order valence-corrected chi connectivity index (χ1v) is 7.85. The standard InChI is InChI=1S/C18H16FN3O4/c1-21-10-22(9-15(21)23)17(24)14-7-12(8-20-16(14)18(25)26)6-11-2-4-13(19)5-3-11/h2-5,7-8H,6,9-10H2,1H3,(H,25,26). The monoisotopic (exact) mass is 357 g/mol. The number of benzene rings is 1. The average molecular weight is 357 g/mol. The molecular formula is C18H16FN3O4. The van der Waals surface area contributed by atoms with E-state index < -0.39 is 11.9 Å². The summed E-state index contributed by atoms with van der Waals surface area (Å²) in [5.41, 5.74) is 0.981. The molecule has 0 bridgehead atoms. The van der Waals surface area contributed by atoms with Gasteiger partial charge in [0.2, 0.25) is 5.91 Å². The highest BCUT2D eigenvalue weighted by Gasteiger charge is 2.31. The number of likely N-dealkylation sites (N-methyl/N-ethyl adjacent to an activating group) is 1. The zero-order valence-electron chi connectivity index (χ0n) is 14.0. The van der Waals surface area contributed by atoms with Crippen molar-refractivity contribution in [1.29, 1.82) is 0 Å². The number of rotatable bonds is 4. The Labute approximate surface area is 148 Å². The lowest BCUT2D eigenvalue weighted by Crippen LogP contribution is -2.31. The van der Waals surface area contributed by atoms with Gasteiger partial charge in [-0.05, 0) is 35.7 Å². The predicted molar refractivity (Wildman–Crippen MR) is 89.1 cm³/mol. The van der Waals surface area contributed by atoms with Crippen LogP contribution in [0.25, 0.3) is 0 Å². The predicted octanol–water partition coefficient (Wildman–Crippen LogP) is 1.38. The van der Waals surface area contributed by atoms with Gasteiger partial charge < -0.3 is 14.9 Å². The minimum Gasteiger partial charge on any atom is -0.476 e.